The highest BCUT2D eigenvalue weighted by atomic mass is 19.1. The number of carbonyl (C=O) groups is 2. The minimum atomic E-state index is -0.472. The number of ether oxygens (including phenoxy) is 1. The topological polar surface area (TPSA) is 84.4 Å². The maximum atomic E-state index is 14.8. The van der Waals surface area contributed by atoms with E-state index < -0.39 is 5.82 Å². The molecule has 0 spiro atoms. The van der Waals surface area contributed by atoms with Crippen molar-refractivity contribution in [2.24, 2.45) is 5.92 Å². The van der Waals surface area contributed by atoms with Crippen LogP contribution < -0.4 is 15.0 Å². The second-order valence-electron chi connectivity index (χ2n) is 8.06. The summed E-state index contributed by atoms with van der Waals surface area (Å²) in [4.78, 5) is 34.3. The number of rotatable bonds is 8. The van der Waals surface area contributed by atoms with Crippen molar-refractivity contribution in [2.75, 3.05) is 18.6 Å². The number of hydrogen-bond donors (Lipinski definition) is 1. The van der Waals surface area contributed by atoms with E-state index in [1.807, 2.05) is 6.07 Å². The highest BCUT2D eigenvalue weighted by Gasteiger charge is 2.27. The van der Waals surface area contributed by atoms with Gasteiger partial charge in [0, 0.05) is 44.0 Å². The SMILES string of the molecule is COc1ccc(CNC(=O)c2ccc(-c3ccc(N(CC4CC4)C(C)=O)c(F)c3)nc2)cn1. The summed E-state index contributed by atoms with van der Waals surface area (Å²) in [7, 11) is 1.54. The number of pyridine rings is 2. The number of benzene rings is 1. The summed E-state index contributed by atoms with van der Waals surface area (Å²) in [5.41, 5.74) is 2.62. The van der Waals surface area contributed by atoms with Gasteiger partial charge in [0.05, 0.1) is 24.1 Å². The third kappa shape index (κ3) is 5.52. The molecule has 1 aliphatic carbocycles. The summed E-state index contributed by atoms with van der Waals surface area (Å²) in [5, 5.41) is 2.81. The van der Waals surface area contributed by atoms with E-state index in [0.29, 0.717) is 41.7 Å². The van der Waals surface area contributed by atoms with Gasteiger partial charge in [-0.05, 0) is 48.6 Å². The third-order valence-corrected chi connectivity index (χ3v) is 5.54. The molecule has 0 radical (unpaired) electrons. The van der Waals surface area contributed by atoms with Crippen LogP contribution in [0.2, 0.25) is 0 Å². The number of aromatic nitrogens is 2. The van der Waals surface area contributed by atoms with Gasteiger partial charge in [0.25, 0.3) is 5.91 Å². The minimum absolute atomic E-state index is 0.174. The first-order valence-corrected chi connectivity index (χ1v) is 10.8. The molecular formula is C25H25FN4O3. The van der Waals surface area contributed by atoms with Crippen LogP contribution in [0.15, 0.2) is 54.9 Å². The monoisotopic (exact) mass is 448 g/mol. The largest absolute Gasteiger partial charge is 0.481 e. The molecule has 2 heterocycles. The van der Waals surface area contributed by atoms with E-state index in [1.54, 1.807) is 43.6 Å². The normalized spacial score (nSPS) is 12.8. The molecule has 3 aromatic rings. The lowest BCUT2D eigenvalue weighted by Gasteiger charge is -2.22. The molecule has 0 unspecified atom stereocenters. The number of carbonyl (C=O) groups excluding carboxylic acids is 2. The first-order valence-electron chi connectivity index (χ1n) is 10.8. The zero-order valence-electron chi connectivity index (χ0n) is 18.5. The van der Waals surface area contributed by atoms with Gasteiger partial charge in [0.1, 0.15) is 5.82 Å². The summed E-state index contributed by atoms with van der Waals surface area (Å²) in [6.45, 7) is 2.31. The summed E-state index contributed by atoms with van der Waals surface area (Å²) < 4.78 is 19.9. The Morgan fingerprint density at radius 2 is 1.94 bits per heavy atom. The van der Waals surface area contributed by atoms with Gasteiger partial charge >= 0.3 is 0 Å². The molecule has 0 saturated heterocycles. The number of amides is 2. The Kier molecular flexibility index (Phi) is 6.63. The summed E-state index contributed by atoms with van der Waals surface area (Å²) in [6.07, 6.45) is 5.24. The smallest absolute Gasteiger partial charge is 0.253 e. The molecule has 4 rings (SSSR count). The van der Waals surface area contributed by atoms with Gasteiger partial charge in [-0.2, -0.15) is 0 Å². The Labute approximate surface area is 191 Å². The zero-order chi connectivity index (χ0) is 23.4. The molecule has 1 N–H and O–H groups in total. The van der Waals surface area contributed by atoms with Gasteiger partial charge in [-0.25, -0.2) is 9.37 Å². The minimum Gasteiger partial charge on any atom is -0.481 e. The Balaban J connectivity index is 1.42. The van der Waals surface area contributed by atoms with E-state index in [9.17, 15) is 14.0 Å². The fourth-order valence-corrected chi connectivity index (χ4v) is 3.46. The Morgan fingerprint density at radius 1 is 1.12 bits per heavy atom. The second-order valence-corrected chi connectivity index (χ2v) is 8.06. The van der Waals surface area contributed by atoms with Crippen LogP contribution in [0, 0.1) is 11.7 Å². The molecule has 8 heteroatoms. The fourth-order valence-electron chi connectivity index (χ4n) is 3.46. The molecule has 0 atom stereocenters. The lowest BCUT2D eigenvalue weighted by Crippen LogP contribution is -2.31. The van der Waals surface area contributed by atoms with Crippen LogP contribution in [0.25, 0.3) is 11.3 Å². The van der Waals surface area contributed by atoms with Gasteiger partial charge in [0.15, 0.2) is 0 Å². The van der Waals surface area contributed by atoms with Crippen molar-refractivity contribution in [1.29, 1.82) is 0 Å². The lowest BCUT2D eigenvalue weighted by molar-refractivity contribution is -0.116. The molecule has 1 aromatic carbocycles. The molecule has 0 bridgehead atoms. The van der Waals surface area contributed by atoms with E-state index >= 15 is 0 Å². The first kappa shape index (κ1) is 22.4. The Hall–Kier alpha value is -3.81. The predicted octanol–water partition coefficient (Wildman–Crippen LogP) is 3.98. The fraction of sp³-hybridized carbons (Fsp3) is 0.280. The Bertz CT molecular complexity index is 1150. The molecule has 7 nitrogen and oxygen atoms in total. The van der Waals surface area contributed by atoms with Crippen LogP contribution in [0.4, 0.5) is 10.1 Å². The second kappa shape index (κ2) is 9.77. The van der Waals surface area contributed by atoms with Crippen LogP contribution >= 0.6 is 0 Å². The number of nitrogens with one attached hydrogen (secondary N) is 1. The van der Waals surface area contributed by atoms with E-state index in [1.165, 1.54) is 24.1 Å². The van der Waals surface area contributed by atoms with E-state index in [4.69, 9.17) is 4.74 Å². The van der Waals surface area contributed by atoms with E-state index in [-0.39, 0.29) is 17.5 Å². The van der Waals surface area contributed by atoms with Crippen LogP contribution in [-0.4, -0.2) is 35.4 Å². The van der Waals surface area contributed by atoms with Gasteiger partial charge < -0.3 is 15.0 Å². The lowest BCUT2D eigenvalue weighted by atomic mass is 10.1. The number of methoxy groups -OCH3 is 1. The highest BCUT2D eigenvalue weighted by Crippen LogP contribution is 2.33. The maximum Gasteiger partial charge on any atom is 0.253 e. The first-order chi connectivity index (χ1) is 15.9. The number of nitrogens with zero attached hydrogens (tertiary/aromatic N) is 3. The van der Waals surface area contributed by atoms with Crippen LogP contribution in [0.1, 0.15) is 35.7 Å². The molecule has 2 amide bonds. The van der Waals surface area contributed by atoms with E-state index in [0.717, 1.165) is 18.4 Å². The molecule has 1 saturated carbocycles. The third-order valence-electron chi connectivity index (χ3n) is 5.54. The van der Waals surface area contributed by atoms with Crippen molar-refractivity contribution in [3.05, 3.63) is 71.8 Å². The number of anilines is 1. The number of hydrogen-bond acceptors (Lipinski definition) is 5. The average Bonchev–Trinajstić information content (AvgIpc) is 3.66. The van der Waals surface area contributed by atoms with Crippen LogP contribution in [0.3, 0.4) is 0 Å². The van der Waals surface area contributed by atoms with Crippen molar-refractivity contribution >= 4 is 17.5 Å². The van der Waals surface area contributed by atoms with Gasteiger partial charge in [-0.3, -0.25) is 14.6 Å². The molecule has 1 fully saturated rings. The van der Waals surface area contributed by atoms with Crippen LogP contribution in [0.5, 0.6) is 5.88 Å². The summed E-state index contributed by atoms with van der Waals surface area (Å²) in [5.74, 6) is 0.0386. The molecule has 170 valence electrons. The van der Waals surface area contributed by atoms with Gasteiger partial charge in [0.2, 0.25) is 11.8 Å². The Morgan fingerprint density at radius 3 is 2.52 bits per heavy atom. The molecule has 33 heavy (non-hydrogen) atoms. The van der Waals surface area contributed by atoms with Crippen molar-refractivity contribution in [1.82, 2.24) is 15.3 Å². The highest BCUT2D eigenvalue weighted by molar-refractivity contribution is 5.94. The van der Waals surface area contributed by atoms with Gasteiger partial charge in [-0.1, -0.05) is 12.1 Å². The number of halogens is 1. The molecule has 0 aliphatic heterocycles. The molecule has 1 aliphatic rings. The maximum absolute atomic E-state index is 14.8. The van der Waals surface area contributed by atoms with Crippen molar-refractivity contribution in [3.63, 3.8) is 0 Å². The zero-order valence-corrected chi connectivity index (χ0v) is 18.5. The molecular weight excluding hydrogens is 423 g/mol. The summed E-state index contributed by atoms with van der Waals surface area (Å²) in [6, 6.07) is 11.6. The van der Waals surface area contributed by atoms with Crippen LogP contribution in [-0.2, 0) is 11.3 Å². The van der Waals surface area contributed by atoms with Crippen molar-refractivity contribution < 1.29 is 18.7 Å². The van der Waals surface area contributed by atoms with E-state index in [2.05, 4.69) is 15.3 Å². The average molecular weight is 448 g/mol. The standard InChI is InChI=1S/C25H25FN4O3/c1-16(31)30(15-17-3-4-17)23-9-7-19(11-21(23)26)22-8-6-20(14-27-22)25(32)29-13-18-5-10-24(33-2)28-12-18/h5-12,14,17H,3-4,13,15H2,1-2H3,(H,29,32). The molecule has 2 aromatic heterocycles. The quantitative estimate of drug-likeness (QED) is 0.563. The predicted molar refractivity (Wildman–Crippen MR) is 122 cm³/mol. The van der Waals surface area contributed by atoms with Crippen molar-refractivity contribution in [3.8, 4) is 17.1 Å². The van der Waals surface area contributed by atoms with Gasteiger partial charge in [-0.15, -0.1) is 0 Å². The van der Waals surface area contributed by atoms with Crippen molar-refractivity contribution in [2.45, 2.75) is 26.3 Å². The summed E-state index contributed by atoms with van der Waals surface area (Å²) >= 11 is 0.